The van der Waals surface area contributed by atoms with Crippen molar-refractivity contribution in [1.29, 1.82) is 0 Å². The highest BCUT2D eigenvalue weighted by molar-refractivity contribution is 5.98. The van der Waals surface area contributed by atoms with Crippen molar-refractivity contribution in [3.8, 4) is 16.9 Å². The number of amides is 1. The van der Waals surface area contributed by atoms with Crippen molar-refractivity contribution >= 4 is 11.9 Å². The maximum Gasteiger partial charge on any atom is 0.323 e. The fourth-order valence-corrected chi connectivity index (χ4v) is 3.69. The number of halogens is 1. The van der Waals surface area contributed by atoms with Gasteiger partial charge in [0, 0.05) is 35.6 Å². The normalized spacial score (nSPS) is 11.9. The summed E-state index contributed by atoms with van der Waals surface area (Å²) < 4.78 is 25.4. The first-order chi connectivity index (χ1) is 18.6. The predicted octanol–water partition coefficient (Wildman–Crippen LogP) is 4.37. The van der Waals surface area contributed by atoms with Crippen molar-refractivity contribution in [2.45, 2.75) is 53.5 Å². The molecule has 1 aromatic heterocycles. The van der Waals surface area contributed by atoms with Gasteiger partial charge in [0.25, 0.3) is 5.91 Å². The van der Waals surface area contributed by atoms with E-state index in [0.29, 0.717) is 40.2 Å². The second kappa shape index (κ2) is 13.8. The highest BCUT2D eigenvalue weighted by atomic mass is 19.1. The van der Waals surface area contributed by atoms with Gasteiger partial charge in [0.1, 0.15) is 24.2 Å². The van der Waals surface area contributed by atoms with E-state index in [2.05, 4.69) is 10.3 Å². The number of aliphatic hydroxyl groups is 1. The standard InChI is InChI=1S/C30H36FN3O5/c1-18(2)16-38-27-8-7-21(25-14-33-10-9-23(25)17-39-30(37)28(32)19(3)4)12-24(27)29(36)34-13-20-5-6-22(15-35)26(31)11-20/h5-12,14,18-19,28,35H,13,15-17,32H2,1-4H3,(H,34,36)/t28-/m0/s1. The number of esters is 1. The van der Waals surface area contributed by atoms with E-state index in [9.17, 15) is 19.1 Å². The fourth-order valence-electron chi connectivity index (χ4n) is 3.69. The topological polar surface area (TPSA) is 124 Å². The first-order valence-electron chi connectivity index (χ1n) is 12.9. The Morgan fingerprint density at radius 2 is 1.85 bits per heavy atom. The van der Waals surface area contributed by atoms with Crippen molar-refractivity contribution in [1.82, 2.24) is 10.3 Å². The van der Waals surface area contributed by atoms with Crippen molar-refractivity contribution in [3.63, 3.8) is 0 Å². The molecule has 0 saturated carbocycles. The number of hydrogen-bond acceptors (Lipinski definition) is 7. The maximum absolute atomic E-state index is 14.1. The molecule has 2 aromatic carbocycles. The first kappa shape index (κ1) is 29.7. The molecule has 0 aliphatic heterocycles. The summed E-state index contributed by atoms with van der Waals surface area (Å²) >= 11 is 0. The molecule has 0 saturated heterocycles. The number of rotatable bonds is 12. The zero-order valence-corrected chi connectivity index (χ0v) is 22.7. The van der Waals surface area contributed by atoms with Crippen molar-refractivity contribution in [3.05, 3.63) is 82.9 Å². The first-order valence-corrected chi connectivity index (χ1v) is 12.9. The van der Waals surface area contributed by atoms with Crippen LogP contribution < -0.4 is 15.8 Å². The number of aliphatic hydroxyl groups excluding tert-OH is 1. The Bertz CT molecular complexity index is 1300. The van der Waals surface area contributed by atoms with Crippen LogP contribution in [0.15, 0.2) is 54.9 Å². The molecule has 0 unspecified atom stereocenters. The molecule has 3 rings (SSSR count). The van der Waals surface area contributed by atoms with Gasteiger partial charge in [-0.25, -0.2) is 4.39 Å². The fraction of sp³-hybridized carbons (Fsp3) is 0.367. The molecule has 208 valence electrons. The summed E-state index contributed by atoms with van der Waals surface area (Å²) in [4.78, 5) is 29.8. The monoisotopic (exact) mass is 537 g/mol. The van der Waals surface area contributed by atoms with Gasteiger partial charge in [-0.05, 0) is 47.2 Å². The molecule has 0 aliphatic carbocycles. The smallest absolute Gasteiger partial charge is 0.323 e. The Hall–Kier alpha value is -3.82. The zero-order valence-electron chi connectivity index (χ0n) is 22.7. The summed E-state index contributed by atoms with van der Waals surface area (Å²) in [5.41, 5.74) is 9.02. The average molecular weight is 538 g/mol. The lowest BCUT2D eigenvalue weighted by Gasteiger charge is -2.17. The van der Waals surface area contributed by atoms with Gasteiger partial charge in [0.2, 0.25) is 0 Å². The van der Waals surface area contributed by atoms with E-state index in [0.717, 1.165) is 0 Å². The Labute approximate surface area is 228 Å². The van der Waals surface area contributed by atoms with Gasteiger partial charge in [0.15, 0.2) is 0 Å². The third kappa shape index (κ3) is 8.08. The van der Waals surface area contributed by atoms with Gasteiger partial charge in [-0.15, -0.1) is 0 Å². The minimum atomic E-state index is -0.726. The summed E-state index contributed by atoms with van der Waals surface area (Å²) in [7, 11) is 0. The van der Waals surface area contributed by atoms with Crippen LogP contribution in [0.1, 0.15) is 54.7 Å². The van der Waals surface area contributed by atoms with Crippen molar-refractivity contribution < 1.29 is 28.6 Å². The highest BCUT2D eigenvalue weighted by Gasteiger charge is 2.20. The second-order valence-corrected chi connectivity index (χ2v) is 10.1. The summed E-state index contributed by atoms with van der Waals surface area (Å²) in [6.45, 7) is 7.80. The Balaban J connectivity index is 1.87. The molecule has 1 heterocycles. The third-order valence-electron chi connectivity index (χ3n) is 6.12. The Kier molecular flexibility index (Phi) is 10.5. The number of carbonyl (C=O) groups excluding carboxylic acids is 2. The van der Waals surface area contributed by atoms with Crippen molar-refractivity contribution in [2.24, 2.45) is 17.6 Å². The van der Waals surface area contributed by atoms with Gasteiger partial charge in [0.05, 0.1) is 18.8 Å². The maximum atomic E-state index is 14.1. The molecule has 0 fully saturated rings. The third-order valence-corrected chi connectivity index (χ3v) is 6.12. The van der Waals surface area contributed by atoms with E-state index in [-0.39, 0.29) is 30.6 Å². The number of nitrogens with zero attached hydrogens (tertiary/aromatic N) is 1. The lowest BCUT2D eigenvalue weighted by atomic mass is 9.99. The van der Waals surface area contributed by atoms with Crippen LogP contribution in [0.2, 0.25) is 0 Å². The molecule has 8 nitrogen and oxygen atoms in total. The van der Waals surface area contributed by atoms with Gasteiger partial charge in [-0.2, -0.15) is 0 Å². The lowest BCUT2D eigenvalue weighted by molar-refractivity contribution is -0.147. The van der Waals surface area contributed by atoms with Crippen LogP contribution in [-0.4, -0.2) is 34.6 Å². The van der Waals surface area contributed by atoms with Crippen LogP contribution in [0.3, 0.4) is 0 Å². The van der Waals surface area contributed by atoms with Crippen LogP contribution >= 0.6 is 0 Å². The highest BCUT2D eigenvalue weighted by Crippen LogP contribution is 2.30. The van der Waals surface area contributed by atoms with E-state index in [1.54, 1.807) is 36.7 Å². The summed E-state index contributed by atoms with van der Waals surface area (Å²) in [6, 6.07) is 10.7. The van der Waals surface area contributed by atoms with Gasteiger partial charge in [-0.1, -0.05) is 45.9 Å². The molecule has 3 aromatic rings. The van der Waals surface area contributed by atoms with E-state index in [1.165, 1.54) is 12.1 Å². The molecule has 1 amide bonds. The Morgan fingerprint density at radius 1 is 1.08 bits per heavy atom. The number of ether oxygens (including phenoxy) is 2. The van der Waals surface area contributed by atoms with Crippen LogP contribution in [0.4, 0.5) is 4.39 Å². The number of nitrogens with two attached hydrogens (primary N) is 1. The molecule has 0 radical (unpaired) electrons. The average Bonchev–Trinajstić information content (AvgIpc) is 2.93. The van der Waals surface area contributed by atoms with Gasteiger partial charge < -0.3 is 25.6 Å². The van der Waals surface area contributed by atoms with Crippen LogP contribution in [0.5, 0.6) is 5.75 Å². The van der Waals surface area contributed by atoms with Crippen LogP contribution in [0, 0.1) is 17.7 Å². The minimum absolute atomic E-state index is 0.000360. The second-order valence-electron chi connectivity index (χ2n) is 10.1. The number of nitrogens with one attached hydrogen (secondary N) is 1. The number of pyridine rings is 1. The van der Waals surface area contributed by atoms with E-state index < -0.39 is 30.3 Å². The van der Waals surface area contributed by atoms with Crippen LogP contribution in [-0.2, 0) is 29.3 Å². The summed E-state index contributed by atoms with van der Waals surface area (Å²) in [5, 5.41) is 12.0. The largest absolute Gasteiger partial charge is 0.492 e. The van der Waals surface area contributed by atoms with Gasteiger partial charge in [-0.3, -0.25) is 14.6 Å². The molecule has 0 spiro atoms. The minimum Gasteiger partial charge on any atom is -0.492 e. The lowest BCUT2D eigenvalue weighted by Crippen LogP contribution is -2.36. The Morgan fingerprint density at radius 3 is 2.51 bits per heavy atom. The van der Waals surface area contributed by atoms with E-state index in [1.807, 2.05) is 33.8 Å². The molecule has 0 aliphatic rings. The predicted molar refractivity (Wildman–Crippen MR) is 146 cm³/mol. The molecular formula is C30H36FN3O5. The zero-order chi connectivity index (χ0) is 28.5. The summed E-state index contributed by atoms with van der Waals surface area (Å²) in [6.07, 6.45) is 3.24. The molecule has 4 N–H and O–H groups in total. The van der Waals surface area contributed by atoms with E-state index in [4.69, 9.17) is 15.2 Å². The molecule has 1 atom stereocenters. The summed E-state index contributed by atoms with van der Waals surface area (Å²) in [5.74, 6) is -0.836. The molecule has 39 heavy (non-hydrogen) atoms. The number of benzene rings is 2. The SMILES string of the molecule is CC(C)COc1ccc(-c2cnccc2COC(=O)[C@@H](N)C(C)C)cc1C(=O)NCc1ccc(CO)c(F)c1. The number of carbonyl (C=O) groups is 2. The van der Waals surface area contributed by atoms with E-state index >= 15 is 0 Å². The quantitative estimate of drug-likeness (QED) is 0.293. The number of aromatic nitrogens is 1. The molecular weight excluding hydrogens is 501 g/mol. The van der Waals surface area contributed by atoms with Crippen molar-refractivity contribution in [2.75, 3.05) is 6.61 Å². The molecule has 0 bridgehead atoms. The van der Waals surface area contributed by atoms with Crippen LogP contribution in [0.25, 0.3) is 11.1 Å². The number of hydrogen-bond donors (Lipinski definition) is 3. The van der Waals surface area contributed by atoms with Gasteiger partial charge >= 0.3 is 5.97 Å². The molecule has 9 heteroatoms.